The Hall–Kier alpha value is -0.450. The fourth-order valence-corrected chi connectivity index (χ4v) is 2.56. The molecule has 0 amide bonds. The minimum Gasteiger partial charge on any atom is -0.361 e. The zero-order valence-electron chi connectivity index (χ0n) is 14.2. The highest BCUT2D eigenvalue weighted by atomic mass is 19.4. The van der Waals surface area contributed by atoms with Gasteiger partial charge < -0.3 is 25.2 Å². The normalized spacial score (nSPS) is 43.6. The van der Waals surface area contributed by atoms with Gasteiger partial charge in [0, 0.05) is 10.8 Å². The minimum absolute atomic E-state index is 0.852. The quantitative estimate of drug-likeness (QED) is 0.530. The molecule has 0 aromatic rings. The third-order valence-electron chi connectivity index (χ3n) is 4.15. The molecule has 6 nitrogen and oxygen atoms in total. The summed E-state index contributed by atoms with van der Waals surface area (Å²) in [7, 11) is 0. The minimum atomic E-state index is -5.52. The van der Waals surface area contributed by atoms with E-state index >= 15 is 0 Å². The predicted octanol–water partition coefficient (Wildman–Crippen LogP) is 1.46. The van der Waals surface area contributed by atoms with Gasteiger partial charge in [0.15, 0.2) is 0 Å². The van der Waals surface area contributed by atoms with Crippen LogP contribution in [0.1, 0.15) is 48.5 Å². The van der Waals surface area contributed by atoms with E-state index in [0.29, 0.717) is 0 Å². The molecule has 1 fully saturated rings. The Bertz CT molecular complexity index is 478. The zero-order valence-corrected chi connectivity index (χ0v) is 14.2. The summed E-state index contributed by atoms with van der Waals surface area (Å²) in [6, 6.07) is 0. The molecule has 0 aliphatic carbocycles. The highest BCUT2D eigenvalue weighted by molar-refractivity contribution is 5.09. The molecule has 0 aromatic carbocycles. The molecular weight excluding hydrogens is 321 g/mol. The molecular formula is C14H25F3O6. The van der Waals surface area contributed by atoms with Crippen LogP contribution in [0.4, 0.5) is 13.2 Å². The van der Waals surface area contributed by atoms with Gasteiger partial charge in [0.2, 0.25) is 17.4 Å². The molecule has 1 heterocycles. The van der Waals surface area contributed by atoms with Crippen LogP contribution in [0.25, 0.3) is 0 Å². The molecule has 4 N–H and O–H groups in total. The van der Waals surface area contributed by atoms with E-state index in [2.05, 4.69) is 4.74 Å². The Morgan fingerprint density at radius 2 is 1.00 bits per heavy atom. The van der Waals surface area contributed by atoms with Gasteiger partial charge in [-0.1, -0.05) is 41.5 Å². The molecule has 1 rings (SSSR count). The van der Waals surface area contributed by atoms with Crippen molar-refractivity contribution in [1.82, 2.24) is 0 Å². The first-order valence-corrected chi connectivity index (χ1v) is 7.03. The van der Waals surface area contributed by atoms with Crippen molar-refractivity contribution < 1.29 is 43.1 Å². The van der Waals surface area contributed by atoms with E-state index < -0.39 is 40.2 Å². The van der Waals surface area contributed by atoms with Crippen molar-refractivity contribution in [2.24, 2.45) is 10.8 Å². The summed E-state index contributed by atoms with van der Waals surface area (Å²) in [5.74, 6) is -13.4. The topological polar surface area (TPSA) is 99.4 Å². The van der Waals surface area contributed by atoms with Gasteiger partial charge in [-0.2, -0.15) is 13.2 Å². The Morgan fingerprint density at radius 1 is 0.652 bits per heavy atom. The van der Waals surface area contributed by atoms with Crippen molar-refractivity contribution in [2.45, 2.75) is 77.8 Å². The van der Waals surface area contributed by atoms with E-state index in [0.717, 1.165) is 27.7 Å². The average molecular weight is 346 g/mol. The first-order valence-electron chi connectivity index (χ1n) is 7.03. The van der Waals surface area contributed by atoms with Crippen molar-refractivity contribution >= 4 is 0 Å². The van der Waals surface area contributed by atoms with E-state index in [4.69, 9.17) is 4.74 Å². The van der Waals surface area contributed by atoms with Crippen LogP contribution in [0.5, 0.6) is 0 Å². The molecule has 0 saturated carbocycles. The van der Waals surface area contributed by atoms with Crippen molar-refractivity contribution in [3.8, 4) is 0 Å². The van der Waals surface area contributed by atoms with E-state index in [9.17, 15) is 33.6 Å². The summed E-state index contributed by atoms with van der Waals surface area (Å²) in [5, 5.41) is 41.7. The van der Waals surface area contributed by atoms with Gasteiger partial charge in [0.05, 0.1) is 0 Å². The Balaban J connectivity index is 3.71. The van der Waals surface area contributed by atoms with E-state index in [1.54, 1.807) is 0 Å². The molecule has 4 atom stereocenters. The number of alkyl halides is 3. The van der Waals surface area contributed by atoms with E-state index in [1.807, 2.05) is 0 Å². The zero-order chi connectivity index (χ0) is 18.9. The third kappa shape index (κ3) is 2.58. The molecule has 138 valence electrons. The second-order valence-corrected chi connectivity index (χ2v) is 8.12. The van der Waals surface area contributed by atoms with Crippen LogP contribution in [0, 0.1) is 10.8 Å². The maximum Gasteiger partial charge on any atom is 0.449 e. The van der Waals surface area contributed by atoms with Crippen LogP contribution >= 0.6 is 0 Å². The average Bonchev–Trinajstić information content (AvgIpc) is 2.21. The number of aliphatic hydroxyl groups is 4. The fourth-order valence-electron chi connectivity index (χ4n) is 2.56. The summed E-state index contributed by atoms with van der Waals surface area (Å²) in [4.78, 5) is 0. The number of rotatable bonds is 0. The lowest BCUT2D eigenvalue weighted by molar-refractivity contribution is -0.617. The van der Waals surface area contributed by atoms with Gasteiger partial charge in [-0.05, 0) is 6.92 Å². The third-order valence-corrected chi connectivity index (χ3v) is 4.15. The van der Waals surface area contributed by atoms with Crippen LogP contribution in [0.2, 0.25) is 0 Å². The second-order valence-electron chi connectivity index (χ2n) is 8.12. The van der Waals surface area contributed by atoms with Crippen molar-refractivity contribution in [1.29, 1.82) is 0 Å². The maximum atomic E-state index is 13.5. The molecule has 1 aliphatic heterocycles. The van der Waals surface area contributed by atoms with Crippen molar-refractivity contribution in [3.63, 3.8) is 0 Å². The number of halogens is 3. The maximum absolute atomic E-state index is 13.5. The molecule has 23 heavy (non-hydrogen) atoms. The summed E-state index contributed by atoms with van der Waals surface area (Å²) in [6.07, 6.45) is -5.52. The van der Waals surface area contributed by atoms with Gasteiger partial charge in [-0.25, -0.2) is 0 Å². The molecule has 1 saturated heterocycles. The van der Waals surface area contributed by atoms with Gasteiger partial charge in [0.25, 0.3) is 0 Å². The summed E-state index contributed by atoms with van der Waals surface area (Å²) in [5.41, 5.74) is -3.24. The van der Waals surface area contributed by atoms with Gasteiger partial charge in [0.1, 0.15) is 0 Å². The van der Waals surface area contributed by atoms with Gasteiger partial charge in [-0.15, -0.1) is 0 Å². The highest BCUT2D eigenvalue weighted by Gasteiger charge is 2.82. The smallest absolute Gasteiger partial charge is 0.361 e. The molecule has 0 unspecified atom stereocenters. The summed E-state index contributed by atoms with van der Waals surface area (Å²) < 4.78 is 50.1. The first kappa shape index (κ1) is 20.6. The fraction of sp³-hybridized carbons (Fsp3) is 1.00. The Morgan fingerprint density at radius 3 is 1.26 bits per heavy atom. The first-order chi connectivity index (χ1) is 9.66. The monoisotopic (exact) mass is 346 g/mol. The van der Waals surface area contributed by atoms with Crippen LogP contribution < -0.4 is 0 Å². The van der Waals surface area contributed by atoms with Gasteiger partial charge >= 0.3 is 12.0 Å². The highest BCUT2D eigenvalue weighted by Crippen LogP contribution is 2.59. The van der Waals surface area contributed by atoms with E-state index in [1.165, 1.54) is 20.8 Å². The van der Waals surface area contributed by atoms with Crippen molar-refractivity contribution in [3.05, 3.63) is 0 Å². The second kappa shape index (κ2) is 4.80. The number of ether oxygens (including phenoxy) is 2. The van der Waals surface area contributed by atoms with Crippen LogP contribution in [0.3, 0.4) is 0 Å². The summed E-state index contributed by atoms with van der Waals surface area (Å²) in [6.45, 7) is 8.17. The molecule has 9 heteroatoms. The van der Waals surface area contributed by atoms with E-state index in [-0.39, 0.29) is 0 Å². The molecule has 0 radical (unpaired) electrons. The number of hydrogen-bond donors (Lipinski definition) is 4. The van der Waals surface area contributed by atoms with Crippen LogP contribution in [-0.4, -0.2) is 49.8 Å². The lowest BCUT2D eigenvalue weighted by Gasteiger charge is -2.62. The summed E-state index contributed by atoms with van der Waals surface area (Å²) >= 11 is 0. The predicted molar refractivity (Wildman–Crippen MR) is 72.6 cm³/mol. The van der Waals surface area contributed by atoms with Crippen LogP contribution in [-0.2, 0) is 9.47 Å². The van der Waals surface area contributed by atoms with Crippen molar-refractivity contribution in [2.75, 3.05) is 0 Å². The van der Waals surface area contributed by atoms with Crippen LogP contribution in [0.15, 0.2) is 0 Å². The molecule has 1 aliphatic rings. The number of hydrogen-bond acceptors (Lipinski definition) is 6. The molecule has 0 bridgehead atoms. The SMILES string of the molecule is CC(C)(C)[C@]1(O)O[C@@](C)(O)[C@](O)(C(C)(C)C)O[C@@]1(O)C(F)(F)F. The molecule has 0 aromatic heterocycles. The standard InChI is InChI=1S/C14H25F3O6/c1-8(2,3)11(19)10(7,18)22-12(20,9(4,5)6)13(21,23-11)14(15,16)17/h18-21H,1-7H3/t10-,11+,12+,13-/m1/s1. The molecule has 0 spiro atoms. The lowest BCUT2D eigenvalue weighted by Crippen LogP contribution is -2.83. The Labute approximate surface area is 132 Å². The lowest BCUT2D eigenvalue weighted by atomic mass is 9.74. The van der Waals surface area contributed by atoms with Gasteiger partial charge in [-0.3, -0.25) is 4.74 Å². The Kier molecular flexibility index (Phi) is 4.30. The largest absolute Gasteiger partial charge is 0.449 e.